The molecule has 2 aromatic heterocycles. The minimum atomic E-state index is -3.34. The molecule has 0 saturated carbocycles. The number of imidazole rings is 1. The maximum atomic E-state index is 11.8. The Morgan fingerprint density at radius 2 is 2.00 bits per heavy atom. The number of nitrogens with one attached hydrogen (secondary N) is 1. The number of para-hydroxylation sites is 1. The molecule has 0 aliphatic rings. The van der Waals surface area contributed by atoms with Gasteiger partial charge in [0.25, 0.3) is 0 Å². The number of sulfone groups is 1. The minimum Gasteiger partial charge on any atom is -0.397 e. The Bertz CT molecular complexity index is 900. The molecule has 1 aromatic carbocycles. The maximum absolute atomic E-state index is 11.8. The molecule has 20 heavy (non-hydrogen) atoms. The number of pyridine rings is 1. The number of H-pyrrole nitrogens is 1. The maximum Gasteiger partial charge on any atom is 0.177 e. The Hall–Kier alpha value is -2.41. The van der Waals surface area contributed by atoms with Crippen LogP contribution in [-0.2, 0) is 9.84 Å². The zero-order valence-corrected chi connectivity index (χ0v) is 11.5. The molecule has 0 aliphatic heterocycles. The van der Waals surface area contributed by atoms with Crippen LogP contribution in [0, 0.1) is 0 Å². The third kappa shape index (κ3) is 2.01. The number of fused-ring (bicyclic) bond motifs is 1. The van der Waals surface area contributed by atoms with Gasteiger partial charge in [-0.1, -0.05) is 6.07 Å². The highest BCUT2D eigenvalue weighted by atomic mass is 32.2. The van der Waals surface area contributed by atoms with Gasteiger partial charge in [0, 0.05) is 12.5 Å². The van der Waals surface area contributed by atoms with Gasteiger partial charge >= 0.3 is 0 Å². The van der Waals surface area contributed by atoms with Crippen LogP contribution in [0.4, 0.5) is 5.69 Å². The first-order valence-corrected chi connectivity index (χ1v) is 7.75. The highest BCUT2D eigenvalue weighted by Crippen LogP contribution is 2.26. The molecule has 3 rings (SSSR count). The highest BCUT2D eigenvalue weighted by molar-refractivity contribution is 7.91. The molecule has 3 N–H and O–H groups in total. The van der Waals surface area contributed by atoms with E-state index in [4.69, 9.17) is 5.73 Å². The van der Waals surface area contributed by atoms with Crippen molar-refractivity contribution in [2.24, 2.45) is 0 Å². The molecule has 7 heteroatoms. The average molecular weight is 288 g/mol. The fraction of sp³-hybridized carbons (Fsp3) is 0.0769. The summed E-state index contributed by atoms with van der Waals surface area (Å²) in [5.41, 5.74) is 7.87. The van der Waals surface area contributed by atoms with E-state index in [0.717, 1.165) is 6.26 Å². The molecule has 0 atom stereocenters. The number of nitrogens with zero attached hydrogens (tertiary/aromatic N) is 2. The molecule has 0 radical (unpaired) electrons. The number of nitrogens with two attached hydrogens (primary N) is 1. The number of benzene rings is 1. The molecule has 0 fully saturated rings. The van der Waals surface area contributed by atoms with E-state index >= 15 is 0 Å². The predicted molar refractivity (Wildman–Crippen MR) is 76.8 cm³/mol. The van der Waals surface area contributed by atoms with Gasteiger partial charge in [-0.3, -0.25) is 4.98 Å². The quantitative estimate of drug-likeness (QED) is 0.746. The smallest absolute Gasteiger partial charge is 0.177 e. The second-order valence-electron chi connectivity index (χ2n) is 4.45. The van der Waals surface area contributed by atoms with Crippen LogP contribution in [0.2, 0.25) is 0 Å². The van der Waals surface area contributed by atoms with Gasteiger partial charge in [-0.05, 0) is 24.3 Å². The van der Waals surface area contributed by atoms with Crippen molar-refractivity contribution in [3.63, 3.8) is 0 Å². The second kappa shape index (κ2) is 4.31. The topological polar surface area (TPSA) is 102 Å². The first kappa shape index (κ1) is 12.6. The lowest BCUT2D eigenvalue weighted by Crippen LogP contribution is -1.97. The molecule has 0 spiro atoms. The highest BCUT2D eigenvalue weighted by Gasteiger charge is 2.16. The number of hydrogen-bond acceptors (Lipinski definition) is 5. The fourth-order valence-electron chi connectivity index (χ4n) is 2.03. The van der Waals surface area contributed by atoms with Crippen molar-refractivity contribution >= 4 is 26.6 Å². The Labute approximate surface area is 115 Å². The second-order valence-corrected chi connectivity index (χ2v) is 6.44. The van der Waals surface area contributed by atoms with Crippen molar-refractivity contribution in [1.82, 2.24) is 15.0 Å². The molecule has 3 aromatic rings. The van der Waals surface area contributed by atoms with Gasteiger partial charge in [-0.15, -0.1) is 0 Å². The van der Waals surface area contributed by atoms with Crippen molar-refractivity contribution in [3.05, 3.63) is 36.5 Å². The van der Waals surface area contributed by atoms with Crippen molar-refractivity contribution < 1.29 is 8.42 Å². The summed E-state index contributed by atoms with van der Waals surface area (Å²) in [6.07, 6.45) is 2.77. The van der Waals surface area contributed by atoms with Crippen LogP contribution in [0.3, 0.4) is 0 Å². The standard InChI is InChI=1S/C13H12N4O2S/c1-20(18,19)10-6-2-5-9-12(10)17-13(16-9)11-8(14)4-3-7-15-11/h2-7H,14H2,1H3,(H,16,17). The molecular weight excluding hydrogens is 276 g/mol. The van der Waals surface area contributed by atoms with E-state index in [-0.39, 0.29) is 4.90 Å². The Morgan fingerprint density at radius 3 is 2.70 bits per heavy atom. The van der Waals surface area contributed by atoms with Crippen LogP contribution in [0.15, 0.2) is 41.4 Å². The van der Waals surface area contributed by atoms with E-state index in [1.165, 1.54) is 6.07 Å². The van der Waals surface area contributed by atoms with Gasteiger partial charge in [0.05, 0.1) is 16.1 Å². The van der Waals surface area contributed by atoms with Gasteiger partial charge in [0.15, 0.2) is 15.7 Å². The van der Waals surface area contributed by atoms with E-state index in [1.807, 2.05) is 0 Å². The van der Waals surface area contributed by atoms with Crippen LogP contribution in [0.25, 0.3) is 22.6 Å². The Balaban J connectivity index is 2.30. The largest absolute Gasteiger partial charge is 0.397 e. The van der Waals surface area contributed by atoms with Crippen LogP contribution in [0.1, 0.15) is 0 Å². The third-order valence-electron chi connectivity index (χ3n) is 2.94. The molecule has 0 aliphatic carbocycles. The van der Waals surface area contributed by atoms with E-state index in [1.54, 1.807) is 30.5 Å². The molecule has 0 bridgehead atoms. The Kier molecular flexibility index (Phi) is 2.72. The van der Waals surface area contributed by atoms with Crippen molar-refractivity contribution in [2.45, 2.75) is 4.90 Å². The van der Waals surface area contributed by atoms with Gasteiger partial charge in [-0.2, -0.15) is 0 Å². The van der Waals surface area contributed by atoms with Crippen LogP contribution in [0.5, 0.6) is 0 Å². The van der Waals surface area contributed by atoms with Crippen molar-refractivity contribution in [2.75, 3.05) is 12.0 Å². The van der Waals surface area contributed by atoms with Gasteiger partial charge in [0.2, 0.25) is 0 Å². The van der Waals surface area contributed by atoms with E-state index in [9.17, 15) is 8.42 Å². The molecule has 2 heterocycles. The normalized spacial score (nSPS) is 11.8. The summed E-state index contributed by atoms with van der Waals surface area (Å²) in [5, 5.41) is 0. The molecule has 0 unspecified atom stereocenters. The first-order valence-electron chi connectivity index (χ1n) is 5.86. The van der Waals surface area contributed by atoms with Crippen LogP contribution >= 0.6 is 0 Å². The number of aromatic nitrogens is 3. The van der Waals surface area contributed by atoms with Crippen LogP contribution in [-0.4, -0.2) is 29.6 Å². The molecule has 6 nitrogen and oxygen atoms in total. The summed E-state index contributed by atoms with van der Waals surface area (Å²) in [4.78, 5) is 11.7. The number of hydrogen-bond donors (Lipinski definition) is 2. The van der Waals surface area contributed by atoms with Crippen molar-refractivity contribution in [3.8, 4) is 11.5 Å². The van der Waals surface area contributed by atoms with E-state index < -0.39 is 9.84 Å². The average Bonchev–Trinajstić information content (AvgIpc) is 2.81. The number of nitrogen functional groups attached to an aromatic ring is 1. The third-order valence-corrected chi connectivity index (χ3v) is 4.07. The summed E-state index contributed by atoms with van der Waals surface area (Å²) in [7, 11) is -3.34. The van der Waals surface area contributed by atoms with E-state index in [0.29, 0.717) is 28.2 Å². The number of anilines is 1. The predicted octanol–water partition coefficient (Wildman–Crippen LogP) is 1.61. The Morgan fingerprint density at radius 1 is 1.20 bits per heavy atom. The molecule has 0 saturated heterocycles. The van der Waals surface area contributed by atoms with Crippen LogP contribution < -0.4 is 5.73 Å². The lowest BCUT2D eigenvalue weighted by molar-refractivity contribution is 0.602. The van der Waals surface area contributed by atoms with Gasteiger partial charge in [0.1, 0.15) is 11.2 Å². The SMILES string of the molecule is CS(=O)(=O)c1cccc2[nH]c(-c3ncccc3N)nc12. The van der Waals surface area contributed by atoms with Gasteiger partial charge < -0.3 is 10.7 Å². The number of aromatic amines is 1. The summed E-state index contributed by atoms with van der Waals surface area (Å²) in [6.45, 7) is 0. The summed E-state index contributed by atoms with van der Waals surface area (Å²) in [6, 6.07) is 8.41. The van der Waals surface area contributed by atoms with Crippen molar-refractivity contribution in [1.29, 1.82) is 0 Å². The minimum absolute atomic E-state index is 0.187. The summed E-state index contributed by atoms with van der Waals surface area (Å²) >= 11 is 0. The molecule has 102 valence electrons. The zero-order chi connectivity index (χ0) is 14.3. The fourth-order valence-corrected chi connectivity index (χ4v) is 2.87. The number of rotatable bonds is 2. The monoisotopic (exact) mass is 288 g/mol. The summed E-state index contributed by atoms with van der Waals surface area (Å²) in [5.74, 6) is 0.453. The zero-order valence-electron chi connectivity index (χ0n) is 10.7. The molecular formula is C13H12N4O2S. The van der Waals surface area contributed by atoms with Gasteiger partial charge in [-0.25, -0.2) is 13.4 Å². The first-order chi connectivity index (χ1) is 9.47. The van der Waals surface area contributed by atoms with E-state index in [2.05, 4.69) is 15.0 Å². The summed E-state index contributed by atoms with van der Waals surface area (Å²) < 4.78 is 23.5. The molecule has 0 amide bonds. The lowest BCUT2D eigenvalue weighted by atomic mass is 10.3. The lowest BCUT2D eigenvalue weighted by Gasteiger charge is -1.99.